The first-order valence-corrected chi connectivity index (χ1v) is 16.5. The third kappa shape index (κ3) is 5.56. The Balaban J connectivity index is 1.10. The minimum absolute atomic E-state index is 0.331. The van der Waals surface area contributed by atoms with Gasteiger partial charge in [0.1, 0.15) is 5.82 Å². The molecule has 7 heteroatoms. The molecule has 0 amide bonds. The van der Waals surface area contributed by atoms with Crippen LogP contribution >= 0.6 is 0 Å². The minimum Gasteiger partial charge on any atom is -0.338 e. The van der Waals surface area contributed by atoms with Crippen LogP contribution in [0.25, 0.3) is 22.4 Å². The molecular weight excluding hydrogens is 492 g/mol. The fraction of sp³-hybridized carbons (Fsp3) is 0.581. The predicted molar refractivity (Wildman–Crippen MR) is 154 cm³/mol. The van der Waals surface area contributed by atoms with Crippen molar-refractivity contribution >= 4 is 20.9 Å². The molecule has 38 heavy (non-hydrogen) atoms. The Bertz CT molecular complexity index is 1370. The Morgan fingerprint density at radius 1 is 0.921 bits per heavy atom. The topological polar surface area (TPSA) is 69.3 Å². The predicted octanol–water partition coefficient (Wildman–Crippen LogP) is 5.78. The van der Waals surface area contributed by atoms with Crippen molar-refractivity contribution in [2.24, 2.45) is 5.92 Å². The highest BCUT2D eigenvalue weighted by molar-refractivity contribution is 7.90. The summed E-state index contributed by atoms with van der Waals surface area (Å²) < 4.78 is 23.6. The summed E-state index contributed by atoms with van der Waals surface area (Å²) >= 11 is 0. The number of sulfone groups is 1. The van der Waals surface area contributed by atoms with Crippen LogP contribution in [0.2, 0.25) is 0 Å². The van der Waals surface area contributed by atoms with Gasteiger partial charge in [0.25, 0.3) is 0 Å². The molecule has 0 bridgehead atoms. The number of aromatic nitrogens is 2. The number of piperidine rings is 1. The molecule has 3 fully saturated rings. The van der Waals surface area contributed by atoms with Crippen molar-refractivity contribution in [1.82, 2.24) is 19.8 Å². The fourth-order valence-corrected chi connectivity index (χ4v) is 7.51. The third-order valence-electron chi connectivity index (χ3n) is 9.40. The largest absolute Gasteiger partial charge is 0.338 e. The summed E-state index contributed by atoms with van der Waals surface area (Å²) in [5, 5.41) is 0. The molecule has 204 valence electrons. The summed E-state index contributed by atoms with van der Waals surface area (Å²) in [4.78, 5) is 14.2. The molecule has 1 saturated carbocycles. The van der Waals surface area contributed by atoms with Crippen LogP contribution in [-0.4, -0.2) is 73.2 Å². The molecule has 1 unspecified atom stereocenters. The van der Waals surface area contributed by atoms with Crippen molar-refractivity contribution in [1.29, 1.82) is 0 Å². The maximum Gasteiger partial charge on any atom is 0.175 e. The van der Waals surface area contributed by atoms with Crippen LogP contribution in [0.1, 0.15) is 68.4 Å². The minimum atomic E-state index is -3.21. The van der Waals surface area contributed by atoms with Gasteiger partial charge in [-0.3, -0.25) is 0 Å². The lowest BCUT2D eigenvalue weighted by atomic mass is 9.85. The second kappa shape index (κ2) is 10.7. The molecule has 3 aliphatic rings. The second-order valence-electron chi connectivity index (χ2n) is 12.1. The van der Waals surface area contributed by atoms with Gasteiger partial charge in [0.2, 0.25) is 0 Å². The van der Waals surface area contributed by atoms with Gasteiger partial charge in [-0.25, -0.2) is 13.4 Å². The zero-order valence-electron chi connectivity index (χ0n) is 23.0. The van der Waals surface area contributed by atoms with Crippen molar-refractivity contribution in [3.05, 3.63) is 47.5 Å². The van der Waals surface area contributed by atoms with Gasteiger partial charge >= 0.3 is 0 Å². The lowest BCUT2D eigenvalue weighted by Gasteiger charge is -2.38. The molecule has 6 nitrogen and oxygen atoms in total. The first-order valence-electron chi connectivity index (χ1n) is 14.6. The van der Waals surface area contributed by atoms with Crippen molar-refractivity contribution < 1.29 is 8.42 Å². The van der Waals surface area contributed by atoms with E-state index in [2.05, 4.69) is 33.8 Å². The van der Waals surface area contributed by atoms with E-state index in [-0.39, 0.29) is 0 Å². The van der Waals surface area contributed by atoms with Gasteiger partial charge in [0.05, 0.1) is 15.9 Å². The van der Waals surface area contributed by atoms with Gasteiger partial charge in [-0.05, 0) is 131 Å². The van der Waals surface area contributed by atoms with Crippen molar-refractivity contribution in [2.75, 3.05) is 39.0 Å². The lowest BCUT2D eigenvalue weighted by Crippen LogP contribution is -2.41. The van der Waals surface area contributed by atoms with Crippen LogP contribution in [0.4, 0.5) is 0 Å². The van der Waals surface area contributed by atoms with Gasteiger partial charge < -0.3 is 14.8 Å². The van der Waals surface area contributed by atoms with E-state index < -0.39 is 9.84 Å². The maximum absolute atomic E-state index is 11.8. The molecule has 1 aromatic heterocycles. The molecule has 1 N–H and O–H groups in total. The number of H-pyrrole nitrogens is 1. The number of nitrogens with zero attached hydrogens (tertiary/aromatic N) is 3. The number of nitrogens with one attached hydrogen (secondary N) is 1. The highest BCUT2D eigenvalue weighted by Gasteiger charge is 2.29. The van der Waals surface area contributed by atoms with E-state index in [1.54, 1.807) is 12.1 Å². The number of likely N-dealkylation sites (tertiary alicyclic amines) is 2. The molecule has 2 aliphatic heterocycles. The molecule has 6 rings (SSSR count). The van der Waals surface area contributed by atoms with E-state index >= 15 is 0 Å². The number of benzene rings is 2. The van der Waals surface area contributed by atoms with E-state index in [0.717, 1.165) is 34.4 Å². The van der Waals surface area contributed by atoms with Crippen LogP contribution in [0, 0.1) is 12.8 Å². The average Bonchev–Trinajstić information content (AvgIpc) is 3.18. The van der Waals surface area contributed by atoms with Gasteiger partial charge in [0.15, 0.2) is 9.84 Å². The van der Waals surface area contributed by atoms with Gasteiger partial charge in [0, 0.05) is 24.4 Å². The summed E-state index contributed by atoms with van der Waals surface area (Å²) in [6.45, 7) is 8.50. The van der Waals surface area contributed by atoms with Crippen LogP contribution in [0.15, 0.2) is 41.3 Å². The highest BCUT2D eigenvalue weighted by atomic mass is 32.2. The van der Waals surface area contributed by atoms with Crippen LogP contribution in [0.5, 0.6) is 0 Å². The fourth-order valence-electron chi connectivity index (χ4n) is 6.88. The highest BCUT2D eigenvalue weighted by Crippen LogP contribution is 2.34. The Hall–Kier alpha value is -2.22. The van der Waals surface area contributed by atoms with Crippen molar-refractivity contribution in [2.45, 2.75) is 75.1 Å². The smallest absolute Gasteiger partial charge is 0.175 e. The monoisotopic (exact) mass is 534 g/mol. The third-order valence-corrected chi connectivity index (χ3v) is 10.5. The van der Waals surface area contributed by atoms with Gasteiger partial charge in [-0.1, -0.05) is 12.5 Å². The molecule has 1 atom stereocenters. The standard InChI is InChI=1S/C31H42N4O2S/c1-22-19-26(20-29-30(22)33-31(32-29)25-8-10-28(11-9-25)38(2,36)37)24-12-17-35(18-13-24)27-7-4-15-34(16-14-27)21-23-5-3-6-23/h8-11,19-20,23-24,27H,3-7,12-18,21H2,1-2H3,(H,32,33). The zero-order chi connectivity index (χ0) is 26.3. The Morgan fingerprint density at radius 2 is 1.68 bits per heavy atom. The zero-order valence-corrected chi connectivity index (χ0v) is 23.8. The summed E-state index contributed by atoms with van der Waals surface area (Å²) in [6.07, 6.45) is 12.1. The van der Waals surface area contributed by atoms with E-state index in [1.807, 2.05) is 12.1 Å². The van der Waals surface area contributed by atoms with Crippen molar-refractivity contribution in [3.8, 4) is 11.4 Å². The number of hydrogen-bond acceptors (Lipinski definition) is 5. The Kier molecular flexibility index (Phi) is 7.36. The number of aryl methyl sites for hydroxylation is 1. The van der Waals surface area contributed by atoms with Gasteiger partial charge in [-0.15, -0.1) is 0 Å². The lowest BCUT2D eigenvalue weighted by molar-refractivity contribution is 0.134. The first-order chi connectivity index (χ1) is 18.3. The van der Waals surface area contributed by atoms with Crippen LogP contribution < -0.4 is 0 Å². The molecule has 2 aromatic carbocycles. The van der Waals surface area contributed by atoms with Crippen LogP contribution in [0.3, 0.4) is 0 Å². The summed E-state index contributed by atoms with van der Waals surface area (Å²) in [7, 11) is -3.21. The number of hydrogen-bond donors (Lipinski definition) is 1. The molecule has 0 spiro atoms. The Labute approximate surface area is 227 Å². The SMILES string of the molecule is Cc1cc(C2CCN(C3CCCN(CC4CCC4)CC3)CC2)cc2[nH]c(-c3ccc(S(C)(=O)=O)cc3)nc12. The number of imidazole rings is 1. The van der Waals surface area contributed by atoms with Crippen molar-refractivity contribution in [3.63, 3.8) is 0 Å². The van der Waals surface area contributed by atoms with E-state index in [9.17, 15) is 8.42 Å². The quantitative estimate of drug-likeness (QED) is 0.434. The van der Waals surface area contributed by atoms with E-state index in [4.69, 9.17) is 4.98 Å². The number of rotatable bonds is 6. The molecule has 1 aliphatic carbocycles. The molecular formula is C31H42N4O2S. The average molecular weight is 535 g/mol. The Morgan fingerprint density at radius 3 is 2.37 bits per heavy atom. The molecule has 3 aromatic rings. The second-order valence-corrected chi connectivity index (χ2v) is 14.1. The normalized spacial score (nSPS) is 22.9. The maximum atomic E-state index is 11.8. The van der Waals surface area contributed by atoms with Gasteiger partial charge in [-0.2, -0.15) is 0 Å². The summed E-state index contributed by atoms with van der Waals surface area (Å²) in [5.74, 6) is 2.36. The summed E-state index contributed by atoms with van der Waals surface area (Å²) in [5.41, 5.74) is 5.59. The summed E-state index contributed by atoms with van der Waals surface area (Å²) in [6, 6.07) is 12.4. The first kappa shape index (κ1) is 26.0. The molecule has 0 radical (unpaired) electrons. The molecule has 2 saturated heterocycles. The van der Waals surface area contributed by atoms with E-state index in [1.165, 1.54) is 101 Å². The molecule has 3 heterocycles. The van der Waals surface area contributed by atoms with E-state index in [0.29, 0.717) is 10.8 Å². The number of fused-ring (bicyclic) bond motifs is 1. The van der Waals surface area contributed by atoms with Crippen LogP contribution in [-0.2, 0) is 9.84 Å². The number of aromatic amines is 1.